The minimum Gasteiger partial charge on any atom is -0.454 e. The third kappa shape index (κ3) is 3.31. The quantitative estimate of drug-likeness (QED) is 0.706. The number of carbonyl (C=O) groups is 3. The van der Waals surface area contributed by atoms with Crippen molar-refractivity contribution in [2.24, 2.45) is 0 Å². The van der Waals surface area contributed by atoms with Gasteiger partial charge in [-0.1, -0.05) is 18.2 Å². The van der Waals surface area contributed by atoms with Crippen LogP contribution in [0.3, 0.4) is 0 Å². The highest BCUT2D eigenvalue weighted by Gasteiger charge is 2.37. The van der Waals surface area contributed by atoms with E-state index in [0.717, 1.165) is 34.1 Å². The summed E-state index contributed by atoms with van der Waals surface area (Å²) in [7, 11) is 0. The number of imide groups is 1. The van der Waals surface area contributed by atoms with Crippen LogP contribution in [0.25, 0.3) is 0 Å². The number of thioether (sulfide) groups is 1. The minimum absolute atomic E-state index is 0.198. The molecule has 5 rings (SSSR count). The molecule has 0 bridgehead atoms. The van der Waals surface area contributed by atoms with Gasteiger partial charge in [-0.25, -0.2) is 0 Å². The molecule has 0 N–H and O–H groups in total. The van der Waals surface area contributed by atoms with E-state index < -0.39 is 11.8 Å². The van der Waals surface area contributed by atoms with Gasteiger partial charge in [-0.3, -0.25) is 19.3 Å². The molecule has 1 atom stereocenters. The Morgan fingerprint density at radius 1 is 1.00 bits per heavy atom. The van der Waals surface area contributed by atoms with Crippen LogP contribution in [0.1, 0.15) is 38.0 Å². The third-order valence-electron chi connectivity index (χ3n) is 5.63. The highest BCUT2D eigenvalue weighted by Crippen LogP contribution is 2.40. The van der Waals surface area contributed by atoms with Gasteiger partial charge in [0.15, 0.2) is 11.5 Å². The van der Waals surface area contributed by atoms with Crippen molar-refractivity contribution in [1.29, 1.82) is 0 Å². The fourth-order valence-electron chi connectivity index (χ4n) is 4.02. The maximum Gasteiger partial charge on any atom is 0.262 e. The maximum atomic E-state index is 12.9. The zero-order chi connectivity index (χ0) is 20.7. The predicted octanol–water partition coefficient (Wildman–Crippen LogP) is 2.72. The lowest BCUT2D eigenvalue weighted by Crippen LogP contribution is -2.43. The monoisotopic (exact) mass is 424 g/mol. The lowest BCUT2D eigenvalue weighted by molar-refractivity contribution is -0.131. The maximum absolute atomic E-state index is 12.9. The van der Waals surface area contributed by atoms with E-state index in [2.05, 4.69) is 0 Å². The number of hydrogen-bond donors (Lipinski definition) is 0. The molecule has 2 aromatic carbocycles. The molecule has 30 heavy (non-hydrogen) atoms. The van der Waals surface area contributed by atoms with Crippen LogP contribution < -0.4 is 9.47 Å². The molecule has 0 radical (unpaired) electrons. The van der Waals surface area contributed by atoms with Crippen molar-refractivity contribution in [3.05, 3.63) is 59.2 Å². The summed E-state index contributed by atoms with van der Waals surface area (Å²) in [6, 6.07) is 12.7. The second-order valence-electron chi connectivity index (χ2n) is 7.38. The molecule has 8 heteroatoms. The zero-order valence-corrected chi connectivity index (χ0v) is 17.0. The average Bonchev–Trinajstić information content (AvgIpc) is 3.21. The van der Waals surface area contributed by atoms with E-state index in [1.807, 2.05) is 18.2 Å². The predicted molar refractivity (Wildman–Crippen MR) is 111 cm³/mol. The third-order valence-corrected chi connectivity index (χ3v) is 6.96. The van der Waals surface area contributed by atoms with Gasteiger partial charge in [-0.05, 0) is 36.2 Å². The highest BCUT2D eigenvalue weighted by molar-refractivity contribution is 7.99. The van der Waals surface area contributed by atoms with Gasteiger partial charge in [0.05, 0.1) is 11.1 Å². The van der Waals surface area contributed by atoms with Gasteiger partial charge in [-0.15, -0.1) is 0 Å². The SMILES string of the molecule is O=C(CN1C(=O)c2ccccc2C1=O)N1CCSC(c2ccc3c(c2)OCO3)CC1. The number of fused-ring (bicyclic) bond motifs is 2. The standard InChI is InChI=1S/C22H20N2O5S/c25-20(12-24-21(26)15-3-1-2-4-16(15)22(24)27)23-8-7-19(30-10-9-23)14-5-6-17-18(11-14)29-13-28-17/h1-6,11,19H,7-10,12-13H2. The first-order valence-electron chi connectivity index (χ1n) is 9.86. The van der Waals surface area contributed by atoms with Crippen molar-refractivity contribution >= 4 is 29.5 Å². The summed E-state index contributed by atoms with van der Waals surface area (Å²) in [5.41, 5.74) is 1.88. The molecule has 0 saturated carbocycles. The molecule has 1 unspecified atom stereocenters. The Hall–Kier alpha value is -3.00. The minimum atomic E-state index is -0.397. The van der Waals surface area contributed by atoms with E-state index in [4.69, 9.17) is 9.47 Å². The molecule has 3 heterocycles. The fourth-order valence-corrected chi connectivity index (χ4v) is 5.24. The normalized spacial score (nSPS) is 20.3. The average molecular weight is 424 g/mol. The van der Waals surface area contributed by atoms with Crippen LogP contribution in [0.5, 0.6) is 11.5 Å². The summed E-state index contributed by atoms with van der Waals surface area (Å²) in [4.78, 5) is 40.8. The summed E-state index contributed by atoms with van der Waals surface area (Å²) in [6.45, 7) is 1.20. The van der Waals surface area contributed by atoms with Crippen LogP contribution in [0, 0.1) is 0 Å². The van der Waals surface area contributed by atoms with Gasteiger partial charge >= 0.3 is 0 Å². The highest BCUT2D eigenvalue weighted by atomic mass is 32.2. The second kappa shape index (κ2) is 7.68. The van der Waals surface area contributed by atoms with Crippen molar-refractivity contribution in [2.45, 2.75) is 11.7 Å². The Bertz CT molecular complexity index is 1000. The van der Waals surface area contributed by atoms with E-state index in [1.165, 1.54) is 0 Å². The molecule has 1 saturated heterocycles. The molecule has 3 amide bonds. The molecule has 0 aromatic heterocycles. The number of hydrogen-bond acceptors (Lipinski definition) is 6. The Labute approximate surface area is 177 Å². The molecule has 1 fully saturated rings. The van der Waals surface area contributed by atoms with Gasteiger partial charge < -0.3 is 14.4 Å². The van der Waals surface area contributed by atoms with E-state index in [1.54, 1.807) is 40.9 Å². The zero-order valence-electron chi connectivity index (χ0n) is 16.2. The molecule has 0 aliphatic carbocycles. The number of ether oxygens (including phenoxy) is 2. The first kappa shape index (κ1) is 19.0. The Morgan fingerprint density at radius 2 is 1.73 bits per heavy atom. The van der Waals surface area contributed by atoms with Crippen LogP contribution >= 0.6 is 11.8 Å². The van der Waals surface area contributed by atoms with Crippen LogP contribution in [0.15, 0.2) is 42.5 Å². The smallest absolute Gasteiger partial charge is 0.262 e. The summed E-state index contributed by atoms with van der Waals surface area (Å²) in [5.74, 6) is 1.31. The summed E-state index contributed by atoms with van der Waals surface area (Å²) in [5, 5.41) is 0.247. The lowest BCUT2D eigenvalue weighted by atomic mass is 10.1. The molecule has 2 aromatic rings. The van der Waals surface area contributed by atoms with Crippen LogP contribution in [0.4, 0.5) is 0 Å². The summed E-state index contributed by atoms with van der Waals surface area (Å²) < 4.78 is 10.9. The van der Waals surface area contributed by atoms with E-state index in [-0.39, 0.29) is 24.5 Å². The number of nitrogens with zero attached hydrogens (tertiary/aromatic N) is 2. The van der Waals surface area contributed by atoms with Crippen molar-refractivity contribution in [2.75, 3.05) is 32.2 Å². The van der Waals surface area contributed by atoms with Gasteiger partial charge in [-0.2, -0.15) is 11.8 Å². The molecule has 154 valence electrons. The van der Waals surface area contributed by atoms with Crippen molar-refractivity contribution in [1.82, 2.24) is 9.80 Å². The van der Waals surface area contributed by atoms with Crippen molar-refractivity contribution in [3.63, 3.8) is 0 Å². The number of amides is 3. The number of rotatable bonds is 3. The molecule has 3 aliphatic heterocycles. The van der Waals surface area contributed by atoms with Gasteiger partial charge in [0.2, 0.25) is 12.7 Å². The fraction of sp³-hybridized carbons (Fsp3) is 0.318. The molecular weight excluding hydrogens is 404 g/mol. The van der Waals surface area contributed by atoms with E-state index in [0.29, 0.717) is 24.2 Å². The van der Waals surface area contributed by atoms with Gasteiger partial charge in [0.25, 0.3) is 11.8 Å². The molecular formula is C22H20N2O5S. The first-order chi connectivity index (χ1) is 14.6. The topological polar surface area (TPSA) is 76.2 Å². The molecule has 0 spiro atoms. The van der Waals surface area contributed by atoms with Gasteiger partial charge in [0.1, 0.15) is 6.54 Å². The summed E-state index contributed by atoms with van der Waals surface area (Å²) in [6.07, 6.45) is 0.790. The van der Waals surface area contributed by atoms with Crippen molar-refractivity contribution < 1.29 is 23.9 Å². The first-order valence-corrected chi connectivity index (χ1v) is 10.9. The Morgan fingerprint density at radius 3 is 2.50 bits per heavy atom. The van der Waals surface area contributed by atoms with Crippen molar-refractivity contribution in [3.8, 4) is 11.5 Å². The lowest BCUT2D eigenvalue weighted by Gasteiger charge is -2.23. The molecule has 7 nitrogen and oxygen atoms in total. The van der Waals surface area contributed by atoms with E-state index >= 15 is 0 Å². The van der Waals surface area contributed by atoms with Crippen LogP contribution in [-0.2, 0) is 4.79 Å². The largest absolute Gasteiger partial charge is 0.454 e. The number of carbonyl (C=O) groups excluding carboxylic acids is 3. The van der Waals surface area contributed by atoms with Crippen LogP contribution in [0.2, 0.25) is 0 Å². The Kier molecular flexibility index (Phi) is 4.86. The van der Waals surface area contributed by atoms with Crippen LogP contribution in [-0.4, -0.2) is 59.7 Å². The van der Waals surface area contributed by atoms with E-state index in [9.17, 15) is 14.4 Å². The Balaban J connectivity index is 1.24. The summed E-state index contributed by atoms with van der Waals surface area (Å²) >= 11 is 1.80. The number of benzene rings is 2. The van der Waals surface area contributed by atoms with Gasteiger partial charge in [0, 0.05) is 24.1 Å². The molecule has 3 aliphatic rings. The second-order valence-corrected chi connectivity index (χ2v) is 8.69.